The Morgan fingerprint density at radius 1 is 1.00 bits per heavy atom. The first-order chi connectivity index (χ1) is 16.1. The number of amides is 1. The molecule has 4 aromatic rings. The van der Waals surface area contributed by atoms with Gasteiger partial charge in [0.2, 0.25) is 11.8 Å². The molecular formula is C26H25N3O4. The van der Waals surface area contributed by atoms with Crippen LogP contribution in [0.2, 0.25) is 0 Å². The average molecular weight is 444 g/mol. The Morgan fingerprint density at radius 2 is 1.79 bits per heavy atom. The number of pyridine rings is 1. The van der Waals surface area contributed by atoms with Crippen molar-refractivity contribution in [3.8, 4) is 23.0 Å². The van der Waals surface area contributed by atoms with Crippen LogP contribution in [0.4, 0.5) is 0 Å². The lowest BCUT2D eigenvalue weighted by Gasteiger charge is -2.12. The fraction of sp³-hybridized carbons (Fsp3) is 0.192. The van der Waals surface area contributed by atoms with Gasteiger partial charge in [0.15, 0.2) is 11.5 Å². The number of carbonyl (C=O) groups is 1. The lowest BCUT2D eigenvalue weighted by atomic mass is 10.2. The Labute approximate surface area is 192 Å². The minimum atomic E-state index is -0.136. The van der Waals surface area contributed by atoms with E-state index in [0.717, 1.165) is 16.7 Å². The lowest BCUT2D eigenvalue weighted by Crippen LogP contribution is -2.25. The molecule has 1 amide bonds. The standard InChI is InChI=1S/C26H25N3O4/c1-18-22(29-26(33-18)21-6-4-3-5-7-21)15-25(30)28-16-20-8-9-23(24(14-20)31-2)32-17-19-10-12-27-13-11-19/h3-14H,15-17H2,1-2H3,(H,28,30). The second kappa shape index (κ2) is 10.5. The number of aryl methyl sites for hydroxylation is 1. The van der Waals surface area contributed by atoms with Gasteiger partial charge in [-0.15, -0.1) is 0 Å². The first-order valence-electron chi connectivity index (χ1n) is 10.6. The monoisotopic (exact) mass is 443 g/mol. The molecule has 0 fully saturated rings. The zero-order valence-corrected chi connectivity index (χ0v) is 18.6. The van der Waals surface area contributed by atoms with Crippen molar-refractivity contribution in [2.75, 3.05) is 7.11 Å². The van der Waals surface area contributed by atoms with Gasteiger partial charge in [-0.05, 0) is 54.4 Å². The van der Waals surface area contributed by atoms with Crippen molar-refractivity contribution in [1.29, 1.82) is 0 Å². The number of aromatic nitrogens is 2. The molecule has 4 rings (SSSR count). The zero-order chi connectivity index (χ0) is 23.0. The van der Waals surface area contributed by atoms with Gasteiger partial charge in [-0.2, -0.15) is 0 Å². The summed E-state index contributed by atoms with van der Waals surface area (Å²) in [5.41, 5.74) is 3.43. The summed E-state index contributed by atoms with van der Waals surface area (Å²) in [7, 11) is 1.59. The highest BCUT2D eigenvalue weighted by Gasteiger charge is 2.15. The van der Waals surface area contributed by atoms with Crippen molar-refractivity contribution < 1.29 is 18.7 Å². The van der Waals surface area contributed by atoms with Crippen molar-refractivity contribution in [1.82, 2.24) is 15.3 Å². The maximum Gasteiger partial charge on any atom is 0.226 e. The van der Waals surface area contributed by atoms with Crippen molar-refractivity contribution in [2.24, 2.45) is 0 Å². The van der Waals surface area contributed by atoms with Gasteiger partial charge >= 0.3 is 0 Å². The third-order valence-electron chi connectivity index (χ3n) is 5.10. The van der Waals surface area contributed by atoms with Crippen LogP contribution < -0.4 is 14.8 Å². The highest BCUT2D eigenvalue weighted by atomic mass is 16.5. The van der Waals surface area contributed by atoms with E-state index in [-0.39, 0.29) is 12.3 Å². The quantitative estimate of drug-likeness (QED) is 0.410. The molecule has 0 unspecified atom stereocenters. The molecule has 0 radical (unpaired) electrons. The first-order valence-corrected chi connectivity index (χ1v) is 10.6. The third-order valence-corrected chi connectivity index (χ3v) is 5.10. The van der Waals surface area contributed by atoms with E-state index in [0.29, 0.717) is 42.0 Å². The van der Waals surface area contributed by atoms with Crippen molar-refractivity contribution in [3.05, 3.63) is 95.6 Å². The number of methoxy groups -OCH3 is 1. The molecule has 0 aliphatic heterocycles. The highest BCUT2D eigenvalue weighted by molar-refractivity contribution is 5.78. The van der Waals surface area contributed by atoms with Gasteiger partial charge in [0.05, 0.1) is 19.2 Å². The minimum Gasteiger partial charge on any atom is -0.493 e. The van der Waals surface area contributed by atoms with E-state index in [1.54, 1.807) is 19.5 Å². The molecule has 2 heterocycles. The number of oxazole rings is 1. The third kappa shape index (κ3) is 5.77. The highest BCUT2D eigenvalue weighted by Crippen LogP contribution is 2.29. The summed E-state index contributed by atoms with van der Waals surface area (Å²) < 4.78 is 17.1. The smallest absolute Gasteiger partial charge is 0.226 e. The Morgan fingerprint density at radius 3 is 2.55 bits per heavy atom. The first kappa shape index (κ1) is 22.1. The van der Waals surface area contributed by atoms with E-state index in [1.807, 2.05) is 67.6 Å². The fourth-order valence-corrected chi connectivity index (χ4v) is 3.29. The van der Waals surface area contributed by atoms with Gasteiger partial charge in [0.25, 0.3) is 0 Å². The van der Waals surface area contributed by atoms with E-state index < -0.39 is 0 Å². The maximum absolute atomic E-state index is 12.5. The molecule has 2 aromatic carbocycles. The number of hydrogen-bond acceptors (Lipinski definition) is 6. The van der Waals surface area contributed by atoms with E-state index in [9.17, 15) is 4.79 Å². The maximum atomic E-state index is 12.5. The van der Waals surface area contributed by atoms with Crippen LogP contribution in [0.3, 0.4) is 0 Å². The molecule has 1 N–H and O–H groups in total. The summed E-state index contributed by atoms with van der Waals surface area (Å²) in [5, 5.41) is 2.93. The van der Waals surface area contributed by atoms with Gasteiger partial charge in [0, 0.05) is 24.5 Å². The van der Waals surface area contributed by atoms with Gasteiger partial charge in [-0.25, -0.2) is 4.98 Å². The Balaban J connectivity index is 1.34. The SMILES string of the molecule is COc1cc(CNC(=O)Cc2nc(-c3ccccc3)oc2C)ccc1OCc1ccncc1. The Kier molecular flexibility index (Phi) is 6.99. The number of nitrogens with zero attached hydrogens (tertiary/aromatic N) is 2. The van der Waals surface area contributed by atoms with Gasteiger partial charge in [0.1, 0.15) is 12.4 Å². The number of rotatable bonds is 9. The van der Waals surface area contributed by atoms with Crippen LogP contribution in [0.15, 0.2) is 77.5 Å². The van der Waals surface area contributed by atoms with E-state index in [1.165, 1.54) is 0 Å². The number of ether oxygens (including phenoxy) is 2. The number of benzene rings is 2. The van der Waals surface area contributed by atoms with Crippen molar-refractivity contribution >= 4 is 5.91 Å². The number of nitrogens with one attached hydrogen (secondary N) is 1. The Bertz CT molecular complexity index is 1210. The predicted molar refractivity (Wildman–Crippen MR) is 124 cm³/mol. The molecule has 0 aliphatic rings. The largest absolute Gasteiger partial charge is 0.493 e. The lowest BCUT2D eigenvalue weighted by molar-refractivity contribution is -0.120. The van der Waals surface area contributed by atoms with Crippen LogP contribution in [0.1, 0.15) is 22.6 Å². The summed E-state index contributed by atoms with van der Waals surface area (Å²) in [6.07, 6.45) is 3.60. The van der Waals surface area contributed by atoms with Crippen LogP contribution in [0.25, 0.3) is 11.5 Å². The van der Waals surface area contributed by atoms with Crippen molar-refractivity contribution in [2.45, 2.75) is 26.5 Å². The molecule has 0 saturated heterocycles. The number of hydrogen-bond donors (Lipinski definition) is 1. The molecule has 7 nitrogen and oxygen atoms in total. The summed E-state index contributed by atoms with van der Waals surface area (Å²) in [5.74, 6) is 2.26. The molecule has 0 atom stereocenters. The van der Waals surface area contributed by atoms with Crippen molar-refractivity contribution in [3.63, 3.8) is 0 Å². The molecule has 0 spiro atoms. The second-order valence-electron chi connectivity index (χ2n) is 7.47. The van der Waals surface area contributed by atoms with Crippen LogP contribution in [0, 0.1) is 6.92 Å². The van der Waals surface area contributed by atoms with E-state index in [4.69, 9.17) is 13.9 Å². The summed E-state index contributed by atoms with van der Waals surface area (Å²) in [4.78, 5) is 21.0. The average Bonchev–Trinajstić information content (AvgIpc) is 3.22. The number of carbonyl (C=O) groups excluding carboxylic acids is 1. The molecule has 0 bridgehead atoms. The molecule has 2 aromatic heterocycles. The molecule has 0 aliphatic carbocycles. The van der Waals surface area contributed by atoms with Crippen LogP contribution in [-0.4, -0.2) is 23.0 Å². The summed E-state index contributed by atoms with van der Waals surface area (Å²) in [6, 6.07) is 19.0. The normalized spacial score (nSPS) is 10.6. The van der Waals surface area contributed by atoms with Gasteiger partial charge < -0.3 is 19.2 Å². The second-order valence-corrected chi connectivity index (χ2v) is 7.47. The fourth-order valence-electron chi connectivity index (χ4n) is 3.29. The Hall–Kier alpha value is -4.13. The molecular weight excluding hydrogens is 418 g/mol. The summed E-state index contributed by atoms with van der Waals surface area (Å²) >= 11 is 0. The molecule has 7 heteroatoms. The predicted octanol–water partition coefficient (Wildman–Crippen LogP) is 4.49. The minimum absolute atomic E-state index is 0.136. The molecule has 0 saturated carbocycles. The molecule has 33 heavy (non-hydrogen) atoms. The topological polar surface area (TPSA) is 86.5 Å². The van der Waals surface area contributed by atoms with E-state index >= 15 is 0 Å². The zero-order valence-electron chi connectivity index (χ0n) is 18.6. The molecule has 168 valence electrons. The van der Waals surface area contributed by atoms with Gasteiger partial charge in [-0.1, -0.05) is 24.3 Å². The van der Waals surface area contributed by atoms with Crippen LogP contribution in [0.5, 0.6) is 11.5 Å². The summed E-state index contributed by atoms with van der Waals surface area (Å²) in [6.45, 7) is 2.59. The van der Waals surface area contributed by atoms with Gasteiger partial charge in [-0.3, -0.25) is 9.78 Å². The van der Waals surface area contributed by atoms with Crippen LogP contribution >= 0.6 is 0 Å². The van der Waals surface area contributed by atoms with Crippen LogP contribution in [-0.2, 0) is 24.4 Å². The van der Waals surface area contributed by atoms with E-state index in [2.05, 4.69) is 15.3 Å².